The smallest absolute Gasteiger partial charge is 0.330 e. The molecule has 0 aromatic carbocycles. The molecule has 0 radical (unpaired) electrons. The molecule has 1 rings (SSSR count). The Labute approximate surface area is 131 Å². The van der Waals surface area contributed by atoms with Crippen LogP contribution in [0, 0.1) is 0 Å². The molecule has 8 nitrogen and oxygen atoms in total. The third kappa shape index (κ3) is 11.8. The van der Waals surface area contributed by atoms with Crippen molar-refractivity contribution in [2.24, 2.45) is 5.73 Å². The van der Waals surface area contributed by atoms with Crippen molar-refractivity contribution >= 4 is 23.7 Å². The van der Waals surface area contributed by atoms with E-state index in [4.69, 9.17) is 0 Å². The first kappa shape index (κ1) is 22.3. The molecule has 0 aromatic rings. The van der Waals surface area contributed by atoms with Crippen LogP contribution in [0.5, 0.6) is 0 Å². The Hall–Kier alpha value is -1.96. The third-order valence-electron chi connectivity index (χ3n) is 2.38. The summed E-state index contributed by atoms with van der Waals surface area (Å²) in [6, 6.07) is 0. The van der Waals surface area contributed by atoms with Crippen LogP contribution in [0.1, 0.15) is 52.9 Å². The summed E-state index contributed by atoms with van der Waals surface area (Å²) in [6.45, 7) is 5.67. The zero-order chi connectivity index (χ0) is 17.5. The summed E-state index contributed by atoms with van der Waals surface area (Å²) in [5, 5.41) is 3.26. The second-order valence-electron chi connectivity index (χ2n) is 4.35. The van der Waals surface area contributed by atoms with E-state index < -0.39 is 17.8 Å². The molecule has 0 atom stereocenters. The van der Waals surface area contributed by atoms with E-state index in [1.165, 1.54) is 19.9 Å². The minimum atomic E-state index is -0.659. The van der Waals surface area contributed by atoms with Crippen LogP contribution in [0.2, 0.25) is 0 Å². The number of imide groups is 1. The maximum atomic E-state index is 10.7. The molecule has 128 valence electrons. The molecule has 3 N–H and O–H groups in total. The molecule has 1 aliphatic rings. The van der Waals surface area contributed by atoms with Gasteiger partial charge in [0, 0.05) is 33.2 Å². The van der Waals surface area contributed by atoms with Crippen LogP contribution in [0.25, 0.3) is 0 Å². The summed E-state index contributed by atoms with van der Waals surface area (Å²) in [6.07, 6.45) is 3.79. The standard InChI is InChI=1S/C7H15NO.C6H7NO4.CH5N/c1-3-4-5-6-8-7(2)9;1-4(8)11-7-5(9)2-3-6(7)10;1-2/h3-6H2,1-2H3,(H,8,9);2-3H2,1H3;2H2,1H3. The largest absolute Gasteiger partial charge is 0.356 e. The van der Waals surface area contributed by atoms with Crippen molar-refractivity contribution in [1.82, 2.24) is 10.4 Å². The number of unbranched alkanes of at least 4 members (excludes halogenated alkanes) is 2. The number of nitrogens with one attached hydrogen (secondary N) is 1. The minimum absolute atomic E-state index is 0.0751. The Kier molecular flexibility index (Phi) is 14.2. The molecule has 1 fully saturated rings. The zero-order valence-corrected chi connectivity index (χ0v) is 13.8. The van der Waals surface area contributed by atoms with E-state index in [1.54, 1.807) is 6.92 Å². The fourth-order valence-corrected chi connectivity index (χ4v) is 1.43. The molecule has 0 aromatic heterocycles. The van der Waals surface area contributed by atoms with Gasteiger partial charge in [-0.2, -0.15) is 0 Å². The molecule has 0 saturated carbocycles. The Morgan fingerprint density at radius 3 is 2.00 bits per heavy atom. The quantitative estimate of drug-likeness (QED) is 0.563. The number of carbonyl (C=O) groups is 4. The second-order valence-corrected chi connectivity index (χ2v) is 4.35. The minimum Gasteiger partial charge on any atom is -0.356 e. The van der Waals surface area contributed by atoms with Gasteiger partial charge in [0.25, 0.3) is 11.8 Å². The summed E-state index contributed by atoms with van der Waals surface area (Å²) in [5.41, 5.74) is 4.50. The van der Waals surface area contributed by atoms with Crippen molar-refractivity contribution < 1.29 is 24.0 Å². The van der Waals surface area contributed by atoms with Crippen LogP contribution >= 0.6 is 0 Å². The lowest BCUT2D eigenvalue weighted by atomic mass is 10.2. The molecule has 22 heavy (non-hydrogen) atoms. The fraction of sp³-hybridized carbons (Fsp3) is 0.714. The van der Waals surface area contributed by atoms with Gasteiger partial charge in [-0.05, 0) is 13.5 Å². The first-order valence-electron chi connectivity index (χ1n) is 7.25. The van der Waals surface area contributed by atoms with Crippen molar-refractivity contribution in [3.05, 3.63) is 0 Å². The number of rotatable bonds is 5. The highest BCUT2D eigenvalue weighted by Crippen LogP contribution is 2.11. The Bertz CT molecular complexity index is 355. The van der Waals surface area contributed by atoms with Crippen LogP contribution in [0.4, 0.5) is 0 Å². The van der Waals surface area contributed by atoms with Crippen LogP contribution in [-0.2, 0) is 24.0 Å². The Morgan fingerprint density at radius 1 is 1.14 bits per heavy atom. The molecule has 1 saturated heterocycles. The molecule has 0 aliphatic carbocycles. The summed E-state index contributed by atoms with van der Waals surface area (Å²) in [4.78, 5) is 46.4. The molecule has 0 unspecified atom stereocenters. The molecule has 3 amide bonds. The van der Waals surface area contributed by atoms with Gasteiger partial charge in [0.1, 0.15) is 0 Å². The van der Waals surface area contributed by atoms with Crippen molar-refractivity contribution in [1.29, 1.82) is 0 Å². The highest BCUT2D eigenvalue weighted by Gasteiger charge is 2.31. The van der Waals surface area contributed by atoms with Gasteiger partial charge in [0.15, 0.2) is 0 Å². The second kappa shape index (κ2) is 14.0. The Morgan fingerprint density at radius 2 is 1.64 bits per heavy atom. The van der Waals surface area contributed by atoms with E-state index in [1.807, 2.05) is 0 Å². The van der Waals surface area contributed by atoms with E-state index in [9.17, 15) is 19.2 Å². The lowest BCUT2D eigenvalue weighted by Crippen LogP contribution is -2.30. The van der Waals surface area contributed by atoms with Gasteiger partial charge in [-0.15, -0.1) is 5.06 Å². The highest BCUT2D eigenvalue weighted by atomic mass is 16.7. The van der Waals surface area contributed by atoms with Crippen LogP contribution < -0.4 is 11.1 Å². The monoisotopic (exact) mass is 317 g/mol. The van der Waals surface area contributed by atoms with Gasteiger partial charge < -0.3 is 15.9 Å². The summed E-state index contributed by atoms with van der Waals surface area (Å²) in [7, 11) is 1.50. The van der Waals surface area contributed by atoms with Crippen LogP contribution in [0.15, 0.2) is 0 Å². The molecule has 1 aliphatic heterocycles. The van der Waals surface area contributed by atoms with Crippen LogP contribution in [0.3, 0.4) is 0 Å². The fourth-order valence-electron chi connectivity index (χ4n) is 1.43. The van der Waals surface area contributed by atoms with Crippen molar-refractivity contribution in [2.75, 3.05) is 13.6 Å². The van der Waals surface area contributed by atoms with Gasteiger partial charge in [0.05, 0.1) is 0 Å². The molecular weight excluding hydrogens is 290 g/mol. The van der Waals surface area contributed by atoms with E-state index in [0.29, 0.717) is 5.06 Å². The normalized spacial score (nSPS) is 12.7. The average molecular weight is 317 g/mol. The van der Waals surface area contributed by atoms with Crippen LogP contribution in [-0.4, -0.2) is 42.3 Å². The first-order chi connectivity index (χ1) is 10.4. The molecule has 0 bridgehead atoms. The molecular formula is C14H27N3O5. The van der Waals surface area contributed by atoms with E-state index in [0.717, 1.165) is 19.9 Å². The summed E-state index contributed by atoms with van der Waals surface area (Å²) < 4.78 is 0. The van der Waals surface area contributed by atoms with Crippen molar-refractivity contribution in [3.63, 3.8) is 0 Å². The lowest BCUT2D eigenvalue weighted by Gasteiger charge is -2.09. The predicted octanol–water partition coefficient (Wildman–Crippen LogP) is 0.501. The van der Waals surface area contributed by atoms with Gasteiger partial charge in [-0.1, -0.05) is 19.8 Å². The summed E-state index contributed by atoms with van der Waals surface area (Å²) in [5.74, 6) is -1.49. The third-order valence-corrected chi connectivity index (χ3v) is 2.38. The molecule has 8 heteroatoms. The maximum absolute atomic E-state index is 10.7. The van der Waals surface area contributed by atoms with Gasteiger partial charge in [-0.25, -0.2) is 4.79 Å². The molecule has 0 spiro atoms. The van der Waals surface area contributed by atoms with Crippen molar-refractivity contribution in [2.45, 2.75) is 52.9 Å². The number of hydroxylamine groups is 2. The highest BCUT2D eigenvalue weighted by molar-refractivity contribution is 6.01. The van der Waals surface area contributed by atoms with Gasteiger partial charge in [0.2, 0.25) is 5.91 Å². The first-order valence-corrected chi connectivity index (χ1v) is 7.25. The molecule has 1 heterocycles. The van der Waals surface area contributed by atoms with Gasteiger partial charge >= 0.3 is 5.97 Å². The lowest BCUT2D eigenvalue weighted by molar-refractivity contribution is -0.195. The number of hydrogen-bond donors (Lipinski definition) is 2. The maximum Gasteiger partial charge on any atom is 0.330 e. The van der Waals surface area contributed by atoms with Gasteiger partial charge in [-0.3, -0.25) is 14.4 Å². The Balaban J connectivity index is 0. The summed E-state index contributed by atoms with van der Waals surface area (Å²) >= 11 is 0. The van der Waals surface area contributed by atoms with E-state index in [-0.39, 0.29) is 18.7 Å². The van der Waals surface area contributed by atoms with E-state index >= 15 is 0 Å². The topological polar surface area (TPSA) is 119 Å². The van der Waals surface area contributed by atoms with E-state index in [2.05, 4.69) is 22.8 Å². The number of hydrogen-bond acceptors (Lipinski definition) is 6. The number of nitrogens with two attached hydrogens (primary N) is 1. The SMILES string of the molecule is CC(=O)ON1C(=O)CCC1=O.CCCCCNC(C)=O.CN. The number of carbonyl (C=O) groups excluding carboxylic acids is 4. The predicted molar refractivity (Wildman–Crippen MR) is 81.2 cm³/mol. The number of amides is 3. The average Bonchev–Trinajstić information content (AvgIpc) is 2.78. The van der Waals surface area contributed by atoms with Crippen molar-refractivity contribution in [3.8, 4) is 0 Å². The zero-order valence-electron chi connectivity index (χ0n) is 13.8. The number of nitrogens with zero attached hydrogens (tertiary/aromatic N) is 1.